The van der Waals surface area contributed by atoms with E-state index in [0.717, 1.165) is 18.2 Å². The number of hydrogen-bond acceptors (Lipinski definition) is 3. The van der Waals surface area contributed by atoms with Crippen LogP contribution in [0.4, 0.5) is 5.95 Å². The molecule has 1 aromatic heterocycles. The summed E-state index contributed by atoms with van der Waals surface area (Å²) in [6.07, 6.45) is 6.95. The lowest BCUT2D eigenvalue weighted by atomic mass is 10.2. The van der Waals surface area contributed by atoms with Gasteiger partial charge in [-0.25, -0.2) is 9.97 Å². The van der Waals surface area contributed by atoms with E-state index in [1.807, 2.05) is 19.2 Å². The van der Waals surface area contributed by atoms with Gasteiger partial charge in [0.25, 0.3) is 0 Å². The van der Waals surface area contributed by atoms with Crippen molar-refractivity contribution in [3.05, 3.63) is 18.0 Å². The lowest BCUT2D eigenvalue weighted by Gasteiger charge is -2.28. The second kappa shape index (κ2) is 5.48. The Morgan fingerprint density at radius 1 is 1.44 bits per heavy atom. The van der Waals surface area contributed by atoms with E-state index in [4.69, 9.17) is 11.6 Å². The molecule has 0 amide bonds. The van der Waals surface area contributed by atoms with Gasteiger partial charge in [0, 0.05) is 30.4 Å². The van der Waals surface area contributed by atoms with Gasteiger partial charge in [0.1, 0.15) is 0 Å². The summed E-state index contributed by atoms with van der Waals surface area (Å²) in [4.78, 5) is 11.1. The van der Waals surface area contributed by atoms with Gasteiger partial charge < -0.3 is 4.90 Å². The van der Waals surface area contributed by atoms with Crippen molar-refractivity contribution in [2.45, 2.75) is 38.6 Å². The summed E-state index contributed by atoms with van der Waals surface area (Å²) in [5.74, 6) is 1.47. The van der Waals surface area contributed by atoms with Gasteiger partial charge >= 0.3 is 0 Å². The minimum atomic E-state index is 0.584. The normalized spacial score (nSPS) is 16.6. The maximum absolute atomic E-state index is 5.87. The smallest absolute Gasteiger partial charge is 0.225 e. The van der Waals surface area contributed by atoms with Crippen molar-refractivity contribution in [2.24, 2.45) is 0 Å². The Balaban J connectivity index is 2.17. The minimum absolute atomic E-state index is 0.584. The van der Waals surface area contributed by atoms with Gasteiger partial charge in [-0.2, -0.15) is 0 Å². The number of anilines is 1. The maximum atomic E-state index is 5.87. The zero-order valence-corrected chi connectivity index (χ0v) is 10.5. The Morgan fingerprint density at radius 3 is 2.81 bits per heavy atom. The van der Waals surface area contributed by atoms with Gasteiger partial charge in [0.15, 0.2) is 0 Å². The van der Waals surface area contributed by atoms with Crippen LogP contribution in [0, 0.1) is 6.92 Å². The molecule has 2 rings (SSSR count). The first kappa shape index (κ1) is 11.6. The predicted octanol–water partition coefficient (Wildman–Crippen LogP) is 2.77. The van der Waals surface area contributed by atoms with Crippen LogP contribution in [0.3, 0.4) is 0 Å². The Labute approximate surface area is 102 Å². The molecule has 0 atom stereocenters. The second-order valence-electron chi connectivity index (χ2n) is 4.32. The Hall–Kier alpha value is -0.830. The molecule has 3 nitrogen and oxygen atoms in total. The number of nitrogens with zero attached hydrogens (tertiary/aromatic N) is 3. The van der Waals surface area contributed by atoms with Crippen LogP contribution < -0.4 is 4.90 Å². The molecule has 4 heteroatoms. The van der Waals surface area contributed by atoms with Crippen molar-refractivity contribution in [1.82, 2.24) is 9.97 Å². The monoisotopic (exact) mass is 239 g/mol. The lowest BCUT2D eigenvalue weighted by Crippen LogP contribution is -2.36. The number of rotatable bonds is 4. The van der Waals surface area contributed by atoms with E-state index in [1.54, 1.807) is 0 Å². The number of halogens is 1. The Bertz CT molecular complexity index is 337. The highest BCUT2D eigenvalue weighted by molar-refractivity contribution is 6.18. The number of hydrogen-bond donors (Lipinski definition) is 0. The third-order valence-corrected chi connectivity index (χ3v) is 3.30. The van der Waals surface area contributed by atoms with Crippen LogP contribution in [-0.2, 0) is 0 Å². The van der Waals surface area contributed by atoms with Crippen molar-refractivity contribution >= 4 is 17.5 Å². The second-order valence-corrected chi connectivity index (χ2v) is 4.70. The third kappa shape index (κ3) is 2.64. The van der Waals surface area contributed by atoms with Crippen molar-refractivity contribution in [2.75, 3.05) is 17.3 Å². The Morgan fingerprint density at radius 2 is 2.19 bits per heavy atom. The molecule has 0 spiro atoms. The first-order valence-corrected chi connectivity index (χ1v) is 6.47. The highest BCUT2D eigenvalue weighted by Crippen LogP contribution is 2.26. The summed E-state index contributed by atoms with van der Waals surface area (Å²) in [6.45, 7) is 2.84. The Kier molecular flexibility index (Phi) is 3.99. The molecule has 1 aromatic rings. The fourth-order valence-electron chi connectivity index (χ4n) is 2.33. The molecule has 16 heavy (non-hydrogen) atoms. The molecule has 0 radical (unpaired) electrons. The predicted molar refractivity (Wildman–Crippen MR) is 67.1 cm³/mol. The summed E-state index contributed by atoms with van der Waals surface area (Å²) >= 11 is 5.87. The summed E-state index contributed by atoms with van der Waals surface area (Å²) < 4.78 is 0. The van der Waals surface area contributed by atoms with Gasteiger partial charge in [-0.05, 0) is 25.8 Å². The largest absolute Gasteiger partial charge is 0.337 e. The van der Waals surface area contributed by atoms with E-state index in [-0.39, 0.29) is 0 Å². The zero-order chi connectivity index (χ0) is 11.4. The number of aryl methyl sites for hydroxylation is 1. The average Bonchev–Trinajstić information content (AvgIpc) is 2.79. The van der Waals surface area contributed by atoms with Gasteiger partial charge in [-0.3, -0.25) is 0 Å². The van der Waals surface area contributed by atoms with Crippen LogP contribution in [0.1, 0.15) is 31.4 Å². The molecule has 1 saturated carbocycles. The van der Waals surface area contributed by atoms with E-state index >= 15 is 0 Å². The number of alkyl halides is 1. The molecule has 1 fully saturated rings. The highest BCUT2D eigenvalue weighted by atomic mass is 35.5. The quantitative estimate of drug-likeness (QED) is 0.757. The van der Waals surface area contributed by atoms with Crippen LogP contribution in [0.5, 0.6) is 0 Å². The van der Waals surface area contributed by atoms with Crippen LogP contribution in [0.15, 0.2) is 12.3 Å². The van der Waals surface area contributed by atoms with Crippen molar-refractivity contribution in [3.63, 3.8) is 0 Å². The van der Waals surface area contributed by atoms with E-state index in [1.165, 1.54) is 25.7 Å². The van der Waals surface area contributed by atoms with E-state index in [0.29, 0.717) is 11.9 Å². The average molecular weight is 240 g/mol. The van der Waals surface area contributed by atoms with Crippen molar-refractivity contribution in [1.29, 1.82) is 0 Å². The van der Waals surface area contributed by atoms with Gasteiger partial charge in [-0.15, -0.1) is 11.6 Å². The molecular formula is C12H18ClN3. The zero-order valence-electron chi connectivity index (χ0n) is 9.69. The van der Waals surface area contributed by atoms with Crippen molar-refractivity contribution in [3.8, 4) is 0 Å². The third-order valence-electron chi connectivity index (χ3n) is 3.13. The molecule has 0 bridgehead atoms. The van der Waals surface area contributed by atoms with Crippen LogP contribution in [0.2, 0.25) is 0 Å². The summed E-state index contributed by atoms with van der Waals surface area (Å²) in [5, 5.41) is 0. The fourth-order valence-corrected chi connectivity index (χ4v) is 2.51. The van der Waals surface area contributed by atoms with Gasteiger partial charge in [-0.1, -0.05) is 12.8 Å². The van der Waals surface area contributed by atoms with Gasteiger partial charge in [0.2, 0.25) is 5.95 Å². The first-order chi connectivity index (χ1) is 7.81. The van der Waals surface area contributed by atoms with Crippen LogP contribution in [-0.4, -0.2) is 28.4 Å². The molecule has 0 unspecified atom stereocenters. The molecule has 0 aromatic carbocycles. The van der Waals surface area contributed by atoms with Crippen LogP contribution in [0.25, 0.3) is 0 Å². The van der Waals surface area contributed by atoms with E-state index < -0.39 is 0 Å². The topological polar surface area (TPSA) is 29.0 Å². The molecule has 1 aliphatic carbocycles. The van der Waals surface area contributed by atoms with E-state index in [2.05, 4.69) is 14.9 Å². The standard InChI is InChI=1S/C12H18ClN3/c1-10-6-8-14-12(15-10)16(9-7-13)11-4-2-3-5-11/h6,8,11H,2-5,7,9H2,1H3. The molecule has 1 heterocycles. The first-order valence-electron chi connectivity index (χ1n) is 5.93. The molecule has 1 aliphatic rings. The van der Waals surface area contributed by atoms with Crippen molar-refractivity contribution < 1.29 is 0 Å². The SMILES string of the molecule is Cc1ccnc(N(CCCl)C2CCCC2)n1. The molecular weight excluding hydrogens is 222 g/mol. The summed E-state index contributed by atoms with van der Waals surface area (Å²) in [6, 6.07) is 2.51. The minimum Gasteiger partial charge on any atom is -0.337 e. The summed E-state index contributed by atoms with van der Waals surface area (Å²) in [5.41, 5.74) is 1.02. The van der Waals surface area contributed by atoms with E-state index in [9.17, 15) is 0 Å². The molecule has 0 aliphatic heterocycles. The highest BCUT2D eigenvalue weighted by Gasteiger charge is 2.23. The summed E-state index contributed by atoms with van der Waals surface area (Å²) in [7, 11) is 0. The fraction of sp³-hybridized carbons (Fsp3) is 0.667. The molecule has 88 valence electrons. The van der Waals surface area contributed by atoms with Gasteiger partial charge in [0.05, 0.1) is 0 Å². The number of aromatic nitrogens is 2. The molecule has 0 saturated heterocycles. The molecule has 0 N–H and O–H groups in total. The van der Waals surface area contributed by atoms with Crippen LogP contribution >= 0.6 is 11.6 Å². The maximum Gasteiger partial charge on any atom is 0.225 e. The lowest BCUT2D eigenvalue weighted by molar-refractivity contribution is 0.605.